The van der Waals surface area contributed by atoms with Gasteiger partial charge in [0.05, 0.1) is 22.5 Å². The summed E-state index contributed by atoms with van der Waals surface area (Å²) in [5.41, 5.74) is 3.38. The fraction of sp³-hybridized carbons (Fsp3) is 0.240. The second-order valence-corrected chi connectivity index (χ2v) is 8.57. The first-order valence-electron chi connectivity index (χ1n) is 9.98. The van der Waals surface area contributed by atoms with Crippen LogP contribution in [0.3, 0.4) is 0 Å². The number of halogens is 3. The Morgan fingerprint density at radius 1 is 0.839 bits per heavy atom. The largest absolute Gasteiger partial charge is 0.418 e. The summed E-state index contributed by atoms with van der Waals surface area (Å²) in [5.74, 6) is 0. The molecule has 3 nitrogen and oxygen atoms in total. The average molecular weight is 421 g/mol. The Hall–Kier alpha value is -3.28. The van der Waals surface area contributed by atoms with E-state index >= 15 is 0 Å². The van der Waals surface area contributed by atoms with Crippen LogP contribution in [0.25, 0.3) is 22.2 Å². The van der Waals surface area contributed by atoms with E-state index in [1.54, 1.807) is 18.2 Å². The Morgan fingerprint density at radius 2 is 1.58 bits per heavy atom. The van der Waals surface area contributed by atoms with Gasteiger partial charge in [-0.2, -0.15) is 13.2 Å². The molecule has 0 saturated carbocycles. The number of pyridine rings is 1. The van der Waals surface area contributed by atoms with Crippen LogP contribution in [0.1, 0.15) is 43.2 Å². The molecule has 2 aromatic heterocycles. The van der Waals surface area contributed by atoms with Crippen molar-refractivity contribution in [2.24, 2.45) is 0 Å². The summed E-state index contributed by atoms with van der Waals surface area (Å²) in [6.45, 7) is 6.51. The second kappa shape index (κ2) is 7.76. The lowest BCUT2D eigenvalue weighted by molar-refractivity contribution is -0.137. The van der Waals surface area contributed by atoms with Gasteiger partial charge >= 0.3 is 6.18 Å². The van der Waals surface area contributed by atoms with Crippen LogP contribution in [0.5, 0.6) is 0 Å². The summed E-state index contributed by atoms with van der Waals surface area (Å²) in [6, 6.07) is 15.8. The molecule has 4 rings (SSSR count). The maximum atomic E-state index is 13.4. The number of nitrogens with zero attached hydrogens (tertiary/aromatic N) is 3. The third-order valence-electron chi connectivity index (χ3n) is 5.30. The highest BCUT2D eigenvalue weighted by molar-refractivity contribution is 5.86. The first-order chi connectivity index (χ1) is 14.6. The van der Waals surface area contributed by atoms with Gasteiger partial charge in [0.1, 0.15) is 6.33 Å². The van der Waals surface area contributed by atoms with E-state index < -0.39 is 11.7 Å². The molecule has 6 heteroatoms. The van der Waals surface area contributed by atoms with Crippen LogP contribution in [0.4, 0.5) is 13.2 Å². The molecule has 4 aromatic rings. The van der Waals surface area contributed by atoms with Gasteiger partial charge in [0.25, 0.3) is 0 Å². The van der Waals surface area contributed by atoms with Gasteiger partial charge in [-0.15, -0.1) is 0 Å². The van der Waals surface area contributed by atoms with Crippen molar-refractivity contribution in [2.75, 3.05) is 0 Å². The molecule has 0 aliphatic rings. The third-order valence-corrected chi connectivity index (χ3v) is 5.30. The topological polar surface area (TPSA) is 38.7 Å². The third kappa shape index (κ3) is 4.43. The predicted octanol–water partition coefficient (Wildman–Crippen LogP) is 6.60. The van der Waals surface area contributed by atoms with Gasteiger partial charge in [0.15, 0.2) is 0 Å². The maximum absolute atomic E-state index is 13.4. The van der Waals surface area contributed by atoms with Crippen LogP contribution < -0.4 is 0 Å². The normalized spacial score (nSPS) is 12.3. The summed E-state index contributed by atoms with van der Waals surface area (Å²) in [5, 5.41) is 0.815. The van der Waals surface area contributed by atoms with Gasteiger partial charge in [-0.3, -0.25) is 4.98 Å². The van der Waals surface area contributed by atoms with E-state index in [-0.39, 0.29) is 11.1 Å². The minimum atomic E-state index is -4.48. The molecular weight excluding hydrogens is 399 g/mol. The van der Waals surface area contributed by atoms with E-state index in [1.165, 1.54) is 24.2 Å². The van der Waals surface area contributed by atoms with Crippen LogP contribution in [0.15, 0.2) is 67.1 Å². The Labute approximate surface area is 179 Å². The monoisotopic (exact) mass is 421 g/mol. The highest BCUT2D eigenvalue weighted by atomic mass is 19.4. The number of benzene rings is 2. The molecule has 0 aliphatic heterocycles. The highest BCUT2D eigenvalue weighted by Crippen LogP contribution is 2.36. The molecule has 0 radical (unpaired) electrons. The number of aromatic nitrogens is 3. The van der Waals surface area contributed by atoms with Crippen molar-refractivity contribution in [1.82, 2.24) is 15.0 Å². The Balaban J connectivity index is 1.70. The van der Waals surface area contributed by atoms with Gasteiger partial charge in [0, 0.05) is 23.6 Å². The van der Waals surface area contributed by atoms with E-state index in [0.717, 1.165) is 22.7 Å². The predicted molar refractivity (Wildman–Crippen MR) is 116 cm³/mol. The molecule has 31 heavy (non-hydrogen) atoms. The van der Waals surface area contributed by atoms with E-state index in [4.69, 9.17) is 0 Å². The van der Waals surface area contributed by atoms with Crippen molar-refractivity contribution in [1.29, 1.82) is 0 Å². The lowest BCUT2D eigenvalue weighted by Crippen LogP contribution is -2.10. The van der Waals surface area contributed by atoms with E-state index in [0.29, 0.717) is 17.5 Å². The number of alkyl halides is 3. The maximum Gasteiger partial charge on any atom is 0.418 e. The Morgan fingerprint density at radius 3 is 2.26 bits per heavy atom. The Bertz CT molecular complexity index is 1220. The van der Waals surface area contributed by atoms with Crippen molar-refractivity contribution < 1.29 is 13.2 Å². The van der Waals surface area contributed by atoms with Crippen molar-refractivity contribution in [3.8, 4) is 11.3 Å². The first-order valence-corrected chi connectivity index (χ1v) is 9.98. The molecule has 2 aromatic carbocycles. The number of fused-ring (bicyclic) bond motifs is 1. The van der Waals surface area contributed by atoms with Crippen molar-refractivity contribution in [3.05, 3.63) is 89.5 Å². The summed E-state index contributed by atoms with van der Waals surface area (Å²) < 4.78 is 40.2. The van der Waals surface area contributed by atoms with Gasteiger partial charge < -0.3 is 0 Å². The van der Waals surface area contributed by atoms with Gasteiger partial charge in [-0.05, 0) is 34.7 Å². The highest BCUT2D eigenvalue weighted by Gasteiger charge is 2.34. The van der Waals surface area contributed by atoms with Crippen LogP contribution in [-0.4, -0.2) is 15.0 Å². The Kier molecular flexibility index (Phi) is 5.25. The number of hydrogen-bond donors (Lipinski definition) is 0. The molecule has 2 heterocycles. The zero-order chi connectivity index (χ0) is 22.2. The molecule has 0 atom stereocenters. The minimum absolute atomic E-state index is 0.0806. The first kappa shape index (κ1) is 21.0. The average Bonchev–Trinajstić information content (AvgIpc) is 2.73. The van der Waals surface area contributed by atoms with E-state index in [9.17, 15) is 13.2 Å². The molecule has 0 amide bonds. The zero-order valence-corrected chi connectivity index (χ0v) is 17.5. The van der Waals surface area contributed by atoms with Crippen LogP contribution >= 0.6 is 0 Å². The second-order valence-electron chi connectivity index (χ2n) is 8.57. The molecular formula is C25H22F3N3. The van der Waals surface area contributed by atoms with Crippen LogP contribution in [0.2, 0.25) is 0 Å². The fourth-order valence-electron chi connectivity index (χ4n) is 3.58. The molecule has 0 bridgehead atoms. The van der Waals surface area contributed by atoms with Crippen LogP contribution in [-0.2, 0) is 18.0 Å². The smallest absolute Gasteiger partial charge is 0.256 e. The standard InChI is InChI=1S/C25H22F3N3/c1-24(2,3)18-9-6-16(7-10-18)13-21-19-11-8-17(14-22(19)31-15-30-21)23-20(25(26,27)28)5-4-12-29-23/h4-12,14-15H,13H2,1-3H3. The zero-order valence-electron chi connectivity index (χ0n) is 17.5. The molecule has 158 valence electrons. The van der Waals surface area contributed by atoms with Gasteiger partial charge in [-0.25, -0.2) is 9.97 Å². The molecule has 0 spiro atoms. The number of hydrogen-bond acceptors (Lipinski definition) is 3. The molecule has 0 aliphatic carbocycles. The molecule has 0 saturated heterocycles. The lowest BCUT2D eigenvalue weighted by Gasteiger charge is -2.19. The summed E-state index contributed by atoms with van der Waals surface area (Å²) in [4.78, 5) is 12.7. The van der Waals surface area contributed by atoms with Crippen molar-refractivity contribution in [3.63, 3.8) is 0 Å². The van der Waals surface area contributed by atoms with Crippen molar-refractivity contribution in [2.45, 2.75) is 38.8 Å². The van der Waals surface area contributed by atoms with E-state index in [2.05, 4.69) is 60.0 Å². The van der Waals surface area contributed by atoms with Crippen molar-refractivity contribution >= 4 is 10.9 Å². The quantitative estimate of drug-likeness (QED) is 0.374. The fourth-order valence-corrected chi connectivity index (χ4v) is 3.58. The lowest BCUT2D eigenvalue weighted by atomic mass is 9.86. The summed E-state index contributed by atoms with van der Waals surface area (Å²) in [7, 11) is 0. The molecule has 0 N–H and O–H groups in total. The number of rotatable bonds is 3. The van der Waals surface area contributed by atoms with Gasteiger partial charge in [0.2, 0.25) is 0 Å². The molecule has 0 fully saturated rings. The van der Waals surface area contributed by atoms with E-state index in [1.807, 2.05) is 0 Å². The van der Waals surface area contributed by atoms with Gasteiger partial charge in [-0.1, -0.05) is 57.2 Å². The summed E-state index contributed by atoms with van der Waals surface area (Å²) in [6.07, 6.45) is -1.05. The van der Waals surface area contributed by atoms with Crippen LogP contribution in [0, 0.1) is 0 Å². The summed E-state index contributed by atoms with van der Waals surface area (Å²) >= 11 is 0. The molecule has 0 unspecified atom stereocenters. The SMILES string of the molecule is CC(C)(C)c1ccc(Cc2ncnc3cc(-c4ncccc4C(F)(F)F)ccc23)cc1. The minimum Gasteiger partial charge on any atom is -0.256 e.